The van der Waals surface area contributed by atoms with Crippen molar-refractivity contribution in [2.75, 3.05) is 6.61 Å². The minimum absolute atomic E-state index is 0.0738. The number of ether oxygens (including phenoxy) is 1. The van der Waals surface area contributed by atoms with Gasteiger partial charge in [0.25, 0.3) is 5.91 Å². The average molecular weight is 411 g/mol. The van der Waals surface area contributed by atoms with E-state index in [9.17, 15) is 4.79 Å². The van der Waals surface area contributed by atoms with E-state index in [4.69, 9.17) is 16.3 Å². The molecule has 0 heterocycles. The van der Waals surface area contributed by atoms with E-state index in [1.807, 2.05) is 13.0 Å². The summed E-state index contributed by atoms with van der Waals surface area (Å²) in [7, 11) is 0. The SMILES string of the molecule is Cc1cc(C)c([C@@H](C)NC(=O)COc2ccc(Br)cc2Cl)cc1C. The van der Waals surface area contributed by atoms with Crippen molar-refractivity contribution in [1.82, 2.24) is 5.32 Å². The third-order valence-electron chi connectivity index (χ3n) is 3.98. The van der Waals surface area contributed by atoms with E-state index < -0.39 is 0 Å². The van der Waals surface area contributed by atoms with Crippen LogP contribution in [0.2, 0.25) is 5.02 Å². The Hall–Kier alpha value is -1.52. The molecule has 0 unspecified atom stereocenters. The lowest BCUT2D eigenvalue weighted by molar-refractivity contribution is -0.123. The number of nitrogens with one attached hydrogen (secondary N) is 1. The molecule has 2 rings (SSSR count). The number of rotatable bonds is 5. The van der Waals surface area contributed by atoms with Gasteiger partial charge in [-0.25, -0.2) is 0 Å². The van der Waals surface area contributed by atoms with Gasteiger partial charge in [-0.1, -0.05) is 39.7 Å². The van der Waals surface area contributed by atoms with Crippen LogP contribution in [0, 0.1) is 20.8 Å². The van der Waals surface area contributed by atoms with Gasteiger partial charge in [-0.15, -0.1) is 0 Å². The number of carbonyl (C=O) groups is 1. The Morgan fingerprint density at radius 1 is 1.17 bits per heavy atom. The molecule has 1 amide bonds. The molecule has 0 aliphatic carbocycles. The molecule has 0 aliphatic rings. The summed E-state index contributed by atoms with van der Waals surface area (Å²) in [5.74, 6) is 0.309. The van der Waals surface area contributed by atoms with Gasteiger partial charge < -0.3 is 10.1 Å². The van der Waals surface area contributed by atoms with E-state index in [2.05, 4.69) is 54.2 Å². The Kier molecular flexibility index (Phi) is 6.30. The smallest absolute Gasteiger partial charge is 0.258 e. The number of aryl methyl sites for hydroxylation is 3. The number of hydrogen-bond acceptors (Lipinski definition) is 2. The predicted octanol–water partition coefficient (Wildman–Crippen LogP) is 5.28. The highest BCUT2D eigenvalue weighted by atomic mass is 79.9. The third-order valence-corrected chi connectivity index (χ3v) is 4.77. The summed E-state index contributed by atoms with van der Waals surface area (Å²) in [5, 5.41) is 3.44. The molecule has 0 aromatic heterocycles. The number of hydrogen-bond donors (Lipinski definition) is 1. The van der Waals surface area contributed by atoms with Gasteiger partial charge in [0.1, 0.15) is 5.75 Å². The highest BCUT2D eigenvalue weighted by Gasteiger charge is 2.14. The molecule has 0 aliphatic heterocycles. The lowest BCUT2D eigenvalue weighted by Crippen LogP contribution is -2.31. The monoisotopic (exact) mass is 409 g/mol. The molecule has 5 heteroatoms. The summed E-state index contributed by atoms with van der Waals surface area (Å²) in [5.41, 5.74) is 4.76. The zero-order valence-electron chi connectivity index (χ0n) is 14.2. The van der Waals surface area contributed by atoms with Crippen LogP contribution in [0.1, 0.15) is 35.2 Å². The van der Waals surface area contributed by atoms with Crippen LogP contribution in [0.5, 0.6) is 5.75 Å². The Bertz CT molecular complexity index is 761. The first-order valence-corrected chi connectivity index (χ1v) is 8.90. The minimum atomic E-state index is -0.181. The predicted molar refractivity (Wildman–Crippen MR) is 102 cm³/mol. The summed E-state index contributed by atoms with van der Waals surface area (Å²) in [4.78, 5) is 12.2. The molecule has 24 heavy (non-hydrogen) atoms. The molecule has 3 nitrogen and oxygen atoms in total. The van der Waals surface area contributed by atoms with Crippen molar-refractivity contribution in [3.8, 4) is 5.75 Å². The van der Waals surface area contributed by atoms with Gasteiger partial charge in [0, 0.05) is 4.47 Å². The van der Waals surface area contributed by atoms with Gasteiger partial charge in [-0.2, -0.15) is 0 Å². The lowest BCUT2D eigenvalue weighted by Gasteiger charge is -2.18. The zero-order chi connectivity index (χ0) is 17.9. The van der Waals surface area contributed by atoms with Gasteiger partial charge in [0.05, 0.1) is 11.1 Å². The molecular weight excluding hydrogens is 390 g/mol. The molecule has 0 bridgehead atoms. The van der Waals surface area contributed by atoms with E-state index in [1.165, 1.54) is 16.7 Å². The molecule has 0 radical (unpaired) electrons. The maximum atomic E-state index is 12.2. The van der Waals surface area contributed by atoms with Gasteiger partial charge in [-0.05, 0) is 68.1 Å². The highest BCUT2D eigenvalue weighted by molar-refractivity contribution is 9.10. The van der Waals surface area contributed by atoms with Crippen molar-refractivity contribution in [2.45, 2.75) is 33.7 Å². The number of amides is 1. The molecule has 0 fully saturated rings. The van der Waals surface area contributed by atoms with Crippen molar-refractivity contribution in [2.24, 2.45) is 0 Å². The second kappa shape index (κ2) is 8.04. The first kappa shape index (κ1) is 18.8. The van der Waals surface area contributed by atoms with E-state index in [0.29, 0.717) is 10.8 Å². The van der Waals surface area contributed by atoms with Crippen molar-refractivity contribution in [1.29, 1.82) is 0 Å². The number of carbonyl (C=O) groups excluding carboxylic acids is 1. The fraction of sp³-hybridized carbons (Fsp3) is 0.316. The summed E-state index contributed by atoms with van der Waals surface area (Å²) in [6, 6.07) is 9.47. The van der Waals surface area contributed by atoms with Crippen LogP contribution in [-0.4, -0.2) is 12.5 Å². The Morgan fingerprint density at radius 3 is 2.50 bits per heavy atom. The van der Waals surface area contributed by atoms with Gasteiger partial charge in [0.2, 0.25) is 0 Å². The lowest BCUT2D eigenvalue weighted by atomic mass is 9.96. The molecular formula is C19H21BrClNO2. The van der Waals surface area contributed by atoms with Crippen LogP contribution in [0.25, 0.3) is 0 Å². The molecule has 1 atom stereocenters. The topological polar surface area (TPSA) is 38.3 Å². The van der Waals surface area contributed by atoms with E-state index in [0.717, 1.165) is 10.0 Å². The Morgan fingerprint density at radius 2 is 1.83 bits per heavy atom. The van der Waals surface area contributed by atoms with Crippen LogP contribution in [0.15, 0.2) is 34.8 Å². The second-order valence-corrected chi connectivity index (χ2v) is 7.27. The van der Waals surface area contributed by atoms with E-state index in [1.54, 1.807) is 12.1 Å². The maximum Gasteiger partial charge on any atom is 0.258 e. The van der Waals surface area contributed by atoms with Crippen LogP contribution in [0.4, 0.5) is 0 Å². The van der Waals surface area contributed by atoms with Crippen LogP contribution < -0.4 is 10.1 Å². The summed E-state index contributed by atoms with van der Waals surface area (Å²) in [6.07, 6.45) is 0. The summed E-state index contributed by atoms with van der Waals surface area (Å²) >= 11 is 9.41. The van der Waals surface area contributed by atoms with Gasteiger partial charge in [-0.3, -0.25) is 4.79 Å². The van der Waals surface area contributed by atoms with Crippen molar-refractivity contribution >= 4 is 33.4 Å². The molecule has 1 N–H and O–H groups in total. The molecule has 0 saturated carbocycles. The molecule has 0 saturated heterocycles. The molecule has 2 aromatic rings. The van der Waals surface area contributed by atoms with Crippen LogP contribution in [0.3, 0.4) is 0 Å². The summed E-state index contributed by atoms with van der Waals surface area (Å²) < 4.78 is 6.36. The van der Waals surface area contributed by atoms with Crippen molar-refractivity contribution in [3.05, 3.63) is 62.1 Å². The quantitative estimate of drug-likeness (QED) is 0.728. The van der Waals surface area contributed by atoms with Crippen molar-refractivity contribution < 1.29 is 9.53 Å². The molecule has 128 valence electrons. The first-order valence-electron chi connectivity index (χ1n) is 7.73. The largest absolute Gasteiger partial charge is 0.482 e. The third kappa shape index (κ3) is 4.74. The number of halogens is 2. The normalized spacial score (nSPS) is 11.9. The van der Waals surface area contributed by atoms with Gasteiger partial charge >= 0.3 is 0 Å². The zero-order valence-corrected chi connectivity index (χ0v) is 16.6. The summed E-state index contributed by atoms with van der Waals surface area (Å²) in [6.45, 7) is 8.12. The van der Waals surface area contributed by atoms with E-state index >= 15 is 0 Å². The van der Waals surface area contributed by atoms with Gasteiger partial charge in [0.15, 0.2) is 6.61 Å². The van der Waals surface area contributed by atoms with Crippen LogP contribution in [-0.2, 0) is 4.79 Å². The van der Waals surface area contributed by atoms with Crippen molar-refractivity contribution in [3.63, 3.8) is 0 Å². The molecule has 2 aromatic carbocycles. The van der Waals surface area contributed by atoms with E-state index in [-0.39, 0.29) is 18.6 Å². The average Bonchev–Trinajstić information content (AvgIpc) is 2.50. The van der Waals surface area contributed by atoms with Crippen LogP contribution >= 0.6 is 27.5 Å². The first-order chi connectivity index (χ1) is 11.3. The Balaban J connectivity index is 1.98. The number of benzene rings is 2. The fourth-order valence-corrected chi connectivity index (χ4v) is 3.27. The standard InChI is InChI=1S/C19H21BrClNO2/c1-11-7-13(3)16(8-12(11)2)14(4)22-19(23)10-24-18-6-5-15(20)9-17(18)21/h5-9,14H,10H2,1-4H3,(H,22,23)/t14-/m1/s1. The highest BCUT2D eigenvalue weighted by Crippen LogP contribution is 2.27. The Labute approximate surface area is 156 Å². The minimum Gasteiger partial charge on any atom is -0.482 e. The maximum absolute atomic E-state index is 12.2. The second-order valence-electron chi connectivity index (χ2n) is 5.95. The molecule has 0 spiro atoms. The fourth-order valence-electron chi connectivity index (χ4n) is 2.55.